The molecule has 0 atom stereocenters. The maximum atomic E-state index is 10.7. The van der Waals surface area contributed by atoms with Crippen LogP contribution in [-0.4, -0.2) is 10.9 Å². The summed E-state index contributed by atoms with van der Waals surface area (Å²) >= 11 is 0. The number of carbonyl (C=O) groups is 1. The van der Waals surface area contributed by atoms with Gasteiger partial charge in [-0.25, -0.2) is 0 Å². The van der Waals surface area contributed by atoms with Crippen LogP contribution in [0.3, 0.4) is 0 Å². The lowest BCUT2D eigenvalue weighted by atomic mass is 10.1. The monoisotopic (exact) mass is 180 g/mol. The molecule has 0 bridgehead atoms. The summed E-state index contributed by atoms with van der Waals surface area (Å²) in [5, 5.41) is 0. The van der Waals surface area contributed by atoms with Gasteiger partial charge in [0.05, 0.1) is 5.69 Å². The molecule has 0 saturated carbocycles. The van der Waals surface area contributed by atoms with E-state index in [1.165, 1.54) is 0 Å². The second-order valence-electron chi connectivity index (χ2n) is 3.11. The number of hydrogen-bond acceptors (Lipinski definition) is 2. The first-order valence-corrected chi connectivity index (χ1v) is 4.67. The van der Waals surface area contributed by atoms with Crippen LogP contribution in [0.25, 0.3) is 0 Å². The number of aromatic nitrogens is 1. The summed E-state index contributed by atoms with van der Waals surface area (Å²) in [5.74, 6) is 0. The first-order chi connectivity index (χ1) is 6.24. The van der Waals surface area contributed by atoms with Crippen LogP contribution >= 0.6 is 0 Å². The fourth-order valence-electron chi connectivity index (χ4n) is 1.51. The normalized spacial score (nSPS) is 10.3. The van der Waals surface area contributed by atoms with E-state index in [1.807, 2.05) is 17.7 Å². The molecular formula is C10H16N2O. The summed E-state index contributed by atoms with van der Waals surface area (Å²) in [6.07, 6.45) is 4.80. The molecule has 1 rings (SSSR count). The third-order valence-corrected chi connectivity index (χ3v) is 2.21. The number of rotatable bonds is 4. The number of carbonyl (C=O) groups excluding carboxylic acids is 1. The van der Waals surface area contributed by atoms with Crippen LogP contribution in [0, 0.1) is 0 Å². The Morgan fingerprint density at radius 1 is 1.54 bits per heavy atom. The topological polar surface area (TPSA) is 48.0 Å². The van der Waals surface area contributed by atoms with Crippen molar-refractivity contribution in [2.45, 2.75) is 33.2 Å². The van der Waals surface area contributed by atoms with Crippen LogP contribution in [-0.2, 0) is 13.0 Å². The average Bonchev–Trinajstić information content (AvgIpc) is 2.44. The molecule has 0 unspecified atom stereocenters. The number of nitrogens with two attached hydrogens (primary N) is 1. The maximum Gasteiger partial charge on any atom is 0.168 e. The minimum Gasteiger partial charge on any atom is -0.397 e. The molecule has 0 fully saturated rings. The Morgan fingerprint density at radius 2 is 2.23 bits per heavy atom. The SMILES string of the molecule is CCCc1cn(CC)c(C=O)c1N. The third kappa shape index (κ3) is 1.74. The van der Waals surface area contributed by atoms with E-state index in [2.05, 4.69) is 6.92 Å². The second-order valence-corrected chi connectivity index (χ2v) is 3.11. The van der Waals surface area contributed by atoms with E-state index in [0.717, 1.165) is 31.2 Å². The standard InChI is InChI=1S/C10H16N2O/c1-3-5-8-6-12(4-2)9(7-13)10(8)11/h6-7H,3-5,11H2,1-2H3. The summed E-state index contributed by atoms with van der Waals surface area (Å²) in [5.41, 5.74) is 8.18. The first kappa shape index (κ1) is 9.84. The molecule has 3 heteroatoms. The van der Waals surface area contributed by atoms with Crippen molar-refractivity contribution < 1.29 is 4.79 Å². The minimum absolute atomic E-state index is 0.617. The molecule has 1 aromatic rings. The molecule has 3 nitrogen and oxygen atoms in total. The van der Waals surface area contributed by atoms with Gasteiger partial charge in [0.25, 0.3) is 0 Å². The third-order valence-electron chi connectivity index (χ3n) is 2.21. The molecule has 0 aliphatic heterocycles. The summed E-state index contributed by atoms with van der Waals surface area (Å²) in [6.45, 7) is 4.90. The Morgan fingerprint density at radius 3 is 2.62 bits per heavy atom. The molecule has 1 heterocycles. The van der Waals surface area contributed by atoms with Crippen molar-refractivity contribution in [3.8, 4) is 0 Å². The fourth-order valence-corrected chi connectivity index (χ4v) is 1.51. The van der Waals surface area contributed by atoms with E-state index < -0.39 is 0 Å². The van der Waals surface area contributed by atoms with Gasteiger partial charge in [0.2, 0.25) is 0 Å². The molecular weight excluding hydrogens is 164 g/mol. The van der Waals surface area contributed by atoms with Gasteiger partial charge in [-0.1, -0.05) is 13.3 Å². The molecule has 13 heavy (non-hydrogen) atoms. The van der Waals surface area contributed by atoms with E-state index in [9.17, 15) is 4.79 Å². The Labute approximate surface area is 78.5 Å². The van der Waals surface area contributed by atoms with Gasteiger partial charge in [0.15, 0.2) is 6.29 Å². The molecule has 1 aromatic heterocycles. The summed E-state index contributed by atoms with van der Waals surface area (Å²) in [6, 6.07) is 0. The smallest absolute Gasteiger partial charge is 0.168 e. The van der Waals surface area contributed by atoms with Crippen molar-refractivity contribution in [2.75, 3.05) is 5.73 Å². The number of aryl methyl sites for hydroxylation is 2. The Balaban J connectivity index is 3.10. The van der Waals surface area contributed by atoms with Gasteiger partial charge in [-0.15, -0.1) is 0 Å². The van der Waals surface area contributed by atoms with Gasteiger partial charge in [-0.2, -0.15) is 0 Å². The summed E-state index contributed by atoms with van der Waals surface area (Å²) in [4.78, 5) is 10.7. The highest BCUT2D eigenvalue weighted by Crippen LogP contribution is 2.20. The molecule has 72 valence electrons. The predicted octanol–water partition coefficient (Wildman–Crippen LogP) is 1.86. The van der Waals surface area contributed by atoms with Crippen LogP contribution in [0.4, 0.5) is 5.69 Å². The zero-order valence-electron chi connectivity index (χ0n) is 8.21. The number of aldehydes is 1. The molecule has 0 saturated heterocycles. The number of anilines is 1. The average molecular weight is 180 g/mol. The van der Waals surface area contributed by atoms with Gasteiger partial charge >= 0.3 is 0 Å². The van der Waals surface area contributed by atoms with Gasteiger partial charge in [0.1, 0.15) is 5.69 Å². The quantitative estimate of drug-likeness (QED) is 0.719. The molecule has 0 aliphatic carbocycles. The summed E-state index contributed by atoms with van der Waals surface area (Å²) in [7, 11) is 0. The Kier molecular flexibility index (Phi) is 3.12. The van der Waals surface area contributed by atoms with Crippen molar-refractivity contribution in [3.05, 3.63) is 17.5 Å². The predicted molar refractivity (Wildman–Crippen MR) is 53.9 cm³/mol. The van der Waals surface area contributed by atoms with Gasteiger partial charge in [0, 0.05) is 12.7 Å². The van der Waals surface area contributed by atoms with Crippen molar-refractivity contribution in [3.63, 3.8) is 0 Å². The van der Waals surface area contributed by atoms with E-state index in [1.54, 1.807) is 0 Å². The maximum absolute atomic E-state index is 10.7. The van der Waals surface area contributed by atoms with Gasteiger partial charge in [-0.05, 0) is 18.9 Å². The second kappa shape index (κ2) is 4.12. The molecule has 0 radical (unpaired) electrons. The van der Waals surface area contributed by atoms with Crippen molar-refractivity contribution in [1.82, 2.24) is 4.57 Å². The van der Waals surface area contributed by atoms with Crippen LogP contribution in [0.1, 0.15) is 36.3 Å². The molecule has 0 aliphatic rings. The lowest BCUT2D eigenvalue weighted by molar-refractivity contribution is 0.111. The molecule has 0 aromatic carbocycles. The minimum atomic E-state index is 0.617. The number of hydrogen-bond donors (Lipinski definition) is 1. The van der Waals surface area contributed by atoms with E-state index in [4.69, 9.17) is 5.73 Å². The Bertz CT molecular complexity index is 302. The fraction of sp³-hybridized carbons (Fsp3) is 0.500. The highest BCUT2D eigenvalue weighted by Gasteiger charge is 2.10. The van der Waals surface area contributed by atoms with Gasteiger partial charge in [-0.3, -0.25) is 4.79 Å². The van der Waals surface area contributed by atoms with E-state index in [0.29, 0.717) is 11.4 Å². The van der Waals surface area contributed by atoms with Crippen molar-refractivity contribution >= 4 is 12.0 Å². The highest BCUT2D eigenvalue weighted by molar-refractivity contribution is 5.82. The zero-order chi connectivity index (χ0) is 9.84. The lowest BCUT2D eigenvalue weighted by Gasteiger charge is -1.98. The Hall–Kier alpha value is -1.25. The molecule has 2 N–H and O–H groups in total. The van der Waals surface area contributed by atoms with Crippen LogP contribution in [0.15, 0.2) is 6.20 Å². The lowest BCUT2D eigenvalue weighted by Crippen LogP contribution is -2.00. The van der Waals surface area contributed by atoms with Crippen molar-refractivity contribution in [2.24, 2.45) is 0 Å². The van der Waals surface area contributed by atoms with E-state index in [-0.39, 0.29) is 0 Å². The molecule has 0 amide bonds. The summed E-state index contributed by atoms with van der Waals surface area (Å²) < 4.78 is 1.90. The molecule has 0 spiro atoms. The zero-order valence-corrected chi connectivity index (χ0v) is 8.21. The van der Waals surface area contributed by atoms with E-state index >= 15 is 0 Å². The number of nitrogen functional groups attached to an aromatic ring is 1. The van der Waals surface area contributed by atoms with Gasteiger partial charge < -0.3 is 10.3 Å². The highest BCUT2D eigenvalue weighted by atomic mass is 16.1. The van der Waals surface area contributed by atoms with Crippen molar-refractivity contribution in [1.29, 1.82) is 0 Å². The number of nitrogens with zero attached hydrogens (tertiary/aromatic N) is 1. The van der Waals surface area contributed by atoms with Crippen LogP contribution < -0.4 is 5.73 Å². The first-order valence-electron chi connectivity index (χ1n) is 4.67. The van der Waals surface area contributed by atoms with Crippen LogP contribution in [0.5, 0.6) is 0 Å². The largest absolute Gasteiger partial charge is 0.397 e. The van der Waals surface area contributed by atoms with Crippen LogP contribution in [0.2, 0.25) is 0 Å².